The Morgan fingerprint density at radius 1 is 1.26 bits per heavy atom. The third kappa shape index (κ3) is 5.74. The maximum absolute atomic E-state index is 13.3. The molecule has 5 nitrogen and oxygen atoms in total. The standard InChI is InChI=1S/C15H18FN3O2.2ClH/c1-9(2)18-14-6-11(16)3-4-13(14)19-15(20)10-5-12(7-17)21-8-10;;/h3-6,8-9,18H,7,17H2,1-2H3,(H,19,20);2*1H. The number of nitrogens with one attached hydrogen (secondary N) is 2. The van der Waals surface area contributed by atoms with E-state index in [-0.39, 0.29) is 49.1 Å². The Balaban J connectivity index is 0.00000242. The van der Waals surface area contributed by atoms with E-state index >= 15 is 0 Å². The summed E-state index contributed by atoms with van der Waals surface area (Å²) in [5, 5.41) is 5.82. The summed E-state index contributed by atoms with van der Waals surface area (Å²) < 4.78 is 18.5. The van der Waals surface area contributed by atoms with E-state index in [0.717, 1.165) is 0 Å². The van der Waals surface area contributed by atoms with Gasteiger partial charge in [0.1, 0.15) is 17.8 Å². The molecule has 23 heavy (non-hydrogen) atoms. The highest BCUT2D eigenvalue weighted by Crippen LogP contribution is 2.24. The first kappa shape index (κ1) is 21.2. The Kier molecular flexibility index (Phi) is 8.68. The first-order chi connectivity index (χ1) is 9.99. The van der Waals surface area contributed by atoms with Crippen molar-refractivity contribution >= 4 is 42.1 Å². The van der Waals surface area contributed by atoms with Crippen LogP contribution in [0.15, 0.2) is 34.9 Å². The zero-order valence-corrected chi connectivity index (χ0v) is 14.4. The normalized spacial score (nSPS) is 9.78. The van der Waals surface area contributed by atoms with Gasteiger partial charge in [-0.05, 0) is 38.1 Å². The van der Waals surface area contributed by atoms with Crippen LogP contribution < -0.4 is 16.4 Å². The fraction of sp³-hybridized carbons (Fsp3) is 0.267. The minimum atomic E-state index is -0.370. The predicted molar refractivity (Wildman–Crippen MR) is 94.2 cm³/mol. The highest BCUT2D eigenvalue weighted by atomic mass is 35.5. The van der Waals surface area contributed by atoms with Gasteiger partial charge in [0.05, 0.1) is 23.5 Å². The van der Waals surface area contributed by atoms with Crippen LogP contribution in [0, 0.1) is 5.82 Å². The lowest BCUT2D eigenvalue weighted by Crippen LogP contribution is -2.16. The van der Waals surface area contributed by atoms with Crippen molar-refractivity contribution in [1.29, 1.82) is 0 Å². The van der Waals surface area contributed by atoms with Crippen LogP contribution in [0.4, 0.5) is 15.8 Å². The summed E-state index contributed by atoms with van der Waals surface area (Å²) in [6.45, 7) is 4.09. The molecule has 0 spiro atoms. The van der Waals surface area contributed by atoms with Crippen LogP contribution in [0.25, 0.3) is 0 Å². The number of hydrogen-bond donors (Lipinski definition) is 3. The number of hydrogen-bond acceptors (Lipinski definition) is 4. The van der Waals surface area contributed by atoms with E-state index in [1.807, 2.05) is 13.8 Å². The molecule has 8 heteroatoms. The number of carbonyl (C=O) groups is 1. The maximum Gasteiger partial charge on any atom is 0.258 e. The molecule has 1 heterocycles. The lowest BCUT2D eigenvalue weighted by molar-refractivity contribution is 0.102. The van der Waals surface area contributed by atoms with E-state index in [4.69, 9.17) is 10.2 Å². The highest BCUT2D eigenvalue weighted by molar-refractivity contribution is 6.05. The van der Waals surface area contributed by atoms with Crippen LogP contribution in [0.5, 0.6) is 0 Å². The smallest absolute Gasteiger partial charge is 0.258 e. The Bertz CT molecular complexity index is 647. The summed E-state index contributed by atoms with van der Waals surface area (Å²) >= 11 is 0. The number of halogens is 3. The third-order valence-electron chi connectivity index (χ3n) is 2.79. The van der Waals surface area contributed by atoms with Crippen molar-refractivity contribution < 1.29 is 13.6 Å². The number of benzene rings is 1. The number of anilines is 2. The molecule has 0 aliphatic carbocycles. The molecule has 4 N–H and O–H groups in total. The summed E-state index contributed by atoms with van der Waals surface area (Å²) in [4.78, 5) is 12.1. The fourth-order valence-corrected chi connectivity index (χ4v) is 1.86. The van der Waals surface area contributed by atoms with Crippen molar-refractivity contribution in [3.05, 3.63) is 47.7 Å². The molecule has 1 aromatic carbocycles. The summed E-state index contributed by atoms with van der Waals surface area (Å²) in [6.07, 6.45) is 1.34. The summed E-state index contributed by atoms with van der Waals surface area (Å²) in [7, 11) is 0. The molecule has 2 aromatic rings. The van der Waals surface area contributed by atoms with Gasteiger partial charge >= 0.3 is 0 Å². The number of nitrogens with two attached hydrogens (primary N) is 1. The monoisotopic (exact) mass is 363 g/mol. The largest absolute Gasteiger partial charge is 0.467 e. The zero-order valence-electron chi connectivity index (χ0n) is 12.8. The predicted octanol–water partition coefficient (Wildman–Crippen LogP) is 3.79. The molecule has 0 aliphatic heterocycles. The topological polar surface area (TPSA) is 80.3 Å². The molecule has 0 radical (unpaired) electrons. The molecule has 2 rings (SSSR count). The van der Waals surface area contributed by atoms with E-state index in [9.17, 15) is 9.18 Å². The Morgan fingerprint density at radius 2 is 1.96 bits per heavy atom. The van der Waals surface area contributed by atoms with Crippen molar-refractivity contribution in [1.82, 2.24) is 0 Å². The quantitative estimate of drug-likeness (QED) is 0.754. The first-order valence-corrected chi connectivity index (χ1v) is 6.64. The van der Waals surface area contributed by atoms with E-state index < -0.39 is 0 Å². The van der Waals surface area contributed by atoms with Crippen molar-refractivity contribution in [3.8, 4) is 0 Å². The fourth-order valence-electron chi connectivity index (χ4n) is 1.86. The zero-order chi connectivity index (χ0) is 15.4. The van der Waals surface area contributed by atoms with Gasteiger partial charge in [-0.25, -0.2) is 4.39 Å². The van der Waals surface area contributed by atoms with Gasteiger partial charge in [0, 0.05) is 6.04 Å². The second-order valence-electron chi connectivity index (χ2n) is 4.95. The average Bonchev–Trinajstić information content (AvgIpc) is 2.90. The number of furan rings is 1. The van der Waals surface area contributed by atoms with E-state index in [0.29, 0.717) is 22.7 Å². The number of amides is 1. The summed E-state index contributed by atoms with van der Waals surface area (Å²) in [6, 6.07) is 5.84. The van der Waals surface area contributed by atoms with Crippen LogP contribution in [0.3, 0.4) is 0 Å². The molecule has 0 fully saturated rings. The molecule has 1 amide bonds. The van der Waals surface area contributed by atoms with E-state index in [1.165, 1.54) is 24.5 Å². The van der Waals surface area contributed by atoms with Crippen LogP contribution in [0.1, 0.15) is 30.0 Å². The lowest BCUT2D eigenvalue weighted by atomic mass is 10.2. The van der Waals surface area contributed by atoms with Gasteiger partial charge in [-0.1, -0.05) is 0 Å². The van der Waals surface area contributed by atoms with Crippen LogP contribution in [0.2, 0.25) is 0 Å². The van der Waals surface area contributed by atoms with Gasteiger partial charge in [0.2, 0.25) is 0 Å². The van der Waals surface area contributed by atoms with E-state index in [1.54, 1.807) is 6.07 Å². The van der Waals surface area contributed by atoms with Crippen molar-refractivity contribution in [2.45, 2.75) is 26.4 Å². The Morgan fingerprint density at radius 3 is 2.52 bits per heavy atom. The molecule has 0 aliphatic rings. The SMILES string of the molecule is CC(C)Nc1cc(F)ccc1NC(=O)c1coc(CN)c1.Cl.Cl. The number of rotatable bonds is 5. The maximum atomic E-state index is 13.3. The molecule has 0 saturated heterocycles. The van der Waals surface area contributed by atoms with Crippen molar-refractivity contribution in [2.75, 3.05) is 10.6 Å². The molecule has 0 saturated carbocycles. The molecule has 1 aromatic heterocycles. The van der Waals surface area contributed by atoms with Gasteiger partial charge in [0.15, 0.2) is 0 Å². The van der Waals surface area contributed by atoms with Crippen LogP contribution in [-0.2, 0) is 6.54 Å². The van der Waals surface area contributed by atoms with Gasteiger partial charge < -0.3 is 20.8 Å². The molecule has 0 bridgehead atoms. The number of carbonyl (C=O) groups excluding carboxylic acids is 1. The lowest BCUT2D eigenvalue weighted by Gasteiger charge is -2.15. The summed E-state index contributed by atoms with van der Waals surface area (Å²) in [5.41, 5.74) is 6.84. The molecular weight excluding hydrogens is 344 g/mol. The third-order valence-corrected chi connectivity index (χ3v) is 2.79. The second kappa shape index (κ2) is 9.39. The Hall–Kier alpha value is -1.76. The molecule has 0 unspecified atom stereocenters. The highest BCUT2D eigenvalue weighted by Gasteiger charge is 2.13. The van der Waals surface area contributed by atoms with Gasteiger partial charge in [-0.3, -0.25) is 4.79 Å². The van der Waals surface area contributed by atoms with Crippen molar-refractivity contribution in [3.63, 3.8) is 0 Å². The van der Waals surface area contributed by atoms with Gasteiger partial charge in [-0.15, -0.1) is 24.8 Å². The molecule has 0 atom stereocenters. The van der Waals surface area contributed by atoms with Crippen LogP contribution in [-0.4, -0.2) is 11.9 Å². The first-order valence-electron chi connectivity index (χ1n) is 6.64. The average molecular weight is 364 g/mol. The minimum Gasteiger partial charge on any atom is -0.467 e. The molecule has 128 valence electrons. The van der Waals surface area contributed by atoms with Crippen molar-refractivity contribution in [2.24, 2.45) is 5.73 Å². The molecular formula is C15H20Cl2FN3O2. The van der Waals surface area contributed by atoms with Crippen LogP contribution >= 0.6 is 24.8 Å². The summed E-state index contributed by atoms with van der Waals surface area (Å²) in [5.74, 6) is -0.179. The second-order valence-corrected chi connectivity index (χ2v) is 4.95. The Labute approximate surface area is 146 Å². The van der Waals surface area contributed by atoms with Gasteiger partial charge in [-0.2, -0.15) is 0 Å². The minimum absolute atomic E-state index is 0. The van der Waals surface area contributed by atoms with E-state index in [2.05, 4.69) is 10.6 Å². The van der Waals surface area contributed by atoms with Gasteiger partial charge in [0.25, 0.3) is 5.91 Å².